The lowest BCUT2D eigenvalue weighted by atomic mass is 9.87. The van der Waals surface area contributed by atoms with Gasteiger partial charge in [-0.2, -0.15) is 0 Å². The molecule has 3 aromatic rings. The van der Waals surface area contributed by atoms with Crippen molar-refractivity contribution in [1.29, 1.82) is 0 Å². The lowest BCUT2D eigenvalue weighted by Crippen LogP contribution is -2.57. The number of hydrogen-bond acceptors (Lipinski definition) is 6. The molecule has 5 rings (SSSR count). The monoisotopic (exact) mass is 574 g/mol. The molecule has 1 saturated heterocycles. The van der Waals surface area contributed by atoms with Gasteiger partial charge < -0.3 is 24.4 Å². The molecule has 0 spiro atoms. The first-order chi connectivity index (χ1) is 20.1. The maximum absolute atomic E-state index is 14.1. The van der Waals surface area contributed by atoms with E-state index in [0.29, 0.717) is 18.5 Å². The molecule has 0 bridgehead atoms. The molecule has 2 aliphatic heterocycles. The molecule has 9 heteroatoms. The van der Waals surface area contributed by atoms with E-state index in [2.05, 4.69) is 5.32 Å². The van der Waals surface area contributed by atoms with E-state index in [9.17, 15) is 18.8 Å². The lowest BCUT2D eigenvalue weighted by molar-refractivity contribution is -0.155. The van der Waals surface area contributed by atoms with Gasteiger partial charge in [-0.1, -0.05) is 54.6 Å². The zero-order valence-corrected chi connectivity index (χ0v) is 23.9. The third-order valence-electron chi connectivity index (χ3n) is 7.37. The molecular weight excluding hydrogens is 539 g/mol. The highest BCUT2D eigenvalue weighted by Crippen LogP contribution is 2.36. The molecule has 3 unspecified atom stereocenters. The van der Waals surface area contributed by atoms with Crippen LogP contribution in [0.25, 0.3) is 0 Å². The van der Waals surface area contributed by atoms with Gasteiger partial charge in [-0.05, 0) is 68.1 Å². The number of benzene rings is 3. The Morgan fingerprint density at radius 1 is 0.952 bits per heavy atom. The summed E-state index contributed by atoms with van der Waals surface area (Å²) < 4.78 is 31.1. The molecule has 220 valence electrons. The average Bonchev–Trinajstić information content (AvgIpc) is 2.97. The van der Waals surface area contributed by atoms with Crippen molar-refractivity contribution in [2.24, 2.45) is 0 Å². The molecule has 2 aliphatic rings. The van der Waals surface area contributed by atoms with Crippen LogP contribution in [0.3, 0.4) is 0 Å². The predicted octanol–water partition coefficient (Wildman–Crippen LogP) is 5.21. The highest BCUT2D eigenvalue weighted by molar-refractivity contribution is 5.89. The van der Waals surface area contributed by atoms with Gasteiger partial charge in [-0.15, -0.1) is 0 Å². The number of amides is 2. The topological polar surface area (TPSA) is 94.2 Å². The van der Waals surface area contributed by atoms with E-state index in [0.717, 1.165) is 16.7 Å². The quantitative estimate of drug-likeness (QED) is 0.421. The fraction of sp³-hybridized carbons (Fsp3) is 0.364. The van der Waals surface area contributed by atoms with E-state index in [4.69, 9.17) is 14.2 Å². The summed E-state index contributed by atoms with van der Waals surface area (Å²) in [5, 5.41) is 2.75. The van der Waals surface area contributed by atoms with Gasteiger partial charge >= 0.3 is 12.1 Å². The van der Waals surface area contributed by atoms with Crippen LogP contribution in [0.15, 0.2) is 78.9 Å². The van der Waals surface area contributed by atoms with E-state index in [1.54, 1.807) is 68.1 Å². The first-order valence-corrected chi connectivity index (χ1v) is 14.1. The predicted molar refractivity (Wildman–Crippen MR) is 153 cm³/mol. The maximum atomic E-state index is 14.1. The van der Waals surface area contributed by atoms with Crippen LogP contribution in [0.4, 0.5) is 9.18 Å². The molecule has 2 amide bonds. The van der Waals surface area contributed by atoms with E-state index in [1.165, 1.54) is 12.1 Å². The van der Waals surface area contributed by atoms with E-state index < -0.39 is 42.0 Å². The fourth-order valence-corrected chi connectivity index (χ4v) is 5.44. The minimum atomic E-state index is -0.927. The van der Waals surface area contributed by atoms with Crippen molar-refractivity contribution in [2.45, 2.75) is 63.5 Å². The Morgan fingerprint density at radius 2 is 1.64 bits per heavy atom. The maximum Gasteiger partial charge on any atom is 0.408 e. The zero-order chi connectivity index (χ0) is 29.9. The number of rotatable bonds is 5. The molecular formula is C33H35FN2O6. The minimum Gasteiger partial charge on any atom is -0.456 e. The number of nitrogens with one attached hydrogen (secondary N) is 1. The minimum absolute atomic E-state index is 0.0339. The van der Waals surface area contributed by atoms with Crippen LogP contribution >= 0.6 is 0 Å². The summed E-state index contributed by atoms with van der Waals surface area (Å²) >= 11 is 0. The van der Waals surface area contributed by atoms with E-state index >= 15 is 0 Å². The highest BCUT2D eigenvalue weighted by atomic mass is 19.1. The number of ether oxygens (including phenoxy) is 3. The number of fused-ring (bicyclic) bond motifs is 1. The van der Waals surface area contributed by atoms with Crippen molar-refractivity contribution in [3.63, 3.8) is 0 Å². The van der Waals surface area contributed by atoms with Gasteiger partial charge in [-0.3, -0.25) is 4.79 Å². The summed E-state index contributed by atoms with van der Waals surface area (Å²) in [4.78, 5) is 41.5. The van der Waals surface area contributed by atoms with Gasteiger partial charge in [0.2, 0.25) is 0 Å². The number of carbonyl (C=O) groups is 3. The number of alkyl carbamates (subject to hydrolysis) is 1. The van der Waals surface area contributed by atoms with Crippen molar-refractivity contribution in [2.75, 3.05) is 13.2 Å². The van der Waals surface area contributed by atoms with Crippen LogP contribution in [-0.2, 0) is 25.4 Å². The Labute approximate surface area is 244 Å². The van der Waals surface area contributed by atoms with Crippen molar-refractivity contribution < 1.29 is 33.0 Å². The average molecular weight is 575 g/mol. The molecule has 1 fully saturated rings. The Balaban J connectivity index is 1.39. The zero-order valence-electron chi connectivity index (χ0n) is 23.9. The second-order valence-electron chi connectivity index (χ2n) is 11.6. The van der Waals surface area contributed by atoms with Gasteiger partial charge in [0.05, 0.1) is 24.3 Å². The van der Waals surface area contributed by atoms with Crippen LogP contribution in [0.1, 0.15) is 60.3 Å². The van der Waals surface area contributed by atoms with Crippen LogP contribution in [-0.4, -0.2) is 59.9 Å². The van der Waals surface area contributed by atoms with Crippen molar-refractivity contribution in [3.8, 4) is 0 Å². The summed E-state index contributed by atoms with van der Waals surface area (Å²) in [5.41, 5.74) is 2.50. The molecule has 2 heterocycles. The smallest absolute Gasteiger partial charge is 0.408 e. The summed E-state index contributed by atoms with van der Waals surface area (Å²) in [6.07, 6.45) is -1.77. The molecule has 0 saturated carbocycles. The van der Waals surface area contributed by atoms with Gasteiger partial charge in [-0.25, -0.2) is 14.0 Å². The number of halogens is 1. The standard InChI is InChI=1S/C33H35FN2O6/c1-33(2,3)42-32(39)35-26-20-40-28(19-27(26)41-31(38)23-10-5-4-6-11-23)30(37)36-18-17-21-9-7-8-12-25(21)29(36)22-13-15-24(34)16-14-22/h4-16,26-29H,17-20H2,1-3H3,(H,35,39)/t26?,27?,28?,29-/m0/s1. The number of esters is 1. The number of hydrogen-bond donors (Lipinski definition) is 1. The van der Waals surface area contributed by atoms with Crippen LogP contribution in [0.2, 0.25) is 0 Å². The SMILES string of the molecule is CC(C)(C)OC(=O)NC1COC(C(=O)N2CCc3ccccc3[C@@H]2c2ccc(F)cc2)CC1OC(=O)c1ccccc1. The summed E-state index contributed by atoms with van der Waals surface area (Å²) in [7, 11) is 0. The highest BCUT2D eigenvalue weighted by Gasteiger charge is 2.42. The number of carbonyl (C=O) groups excluding carboxylic acids is 3. The molecule has 8 nitrogen and oxygen atoms in total. The van der Waals surface area contributed by atoms with E-state index in [1.807, 2.05) is 24.3 Å². The molecule has 4 atom stereocenters. The van der Waals surface area contributed by atoms with Gasteiger partial charge in [0.15, 0.2) is 0 Å². The van der Waals surface area contributed by atoms with Crippen molar-refractivity contribution in [1.82, 2.24) is 10.2 Å². The number of nitrogens with zero attached hydrogens (tertiary/aromatic N) is 1. The largest absolute Gasteiger partial charge is 0.456 e. The molecule has 42 heavy (non-hydrogen) atoms. The summed E-state index contributed by atoms with van der Waals surface area (Å²) in [6.45, 7) is 5.62. The van der Waals surface area contributed by atoms with Crippen molar-refractivity contribution >= 4 is 18.0 Å². The molecule has 0 aliphatic carbocycles. The molecule has 0 aromatic heterocycles. The van der Waals surface area contributed by atoms with Crippen LogP contribution < -0.4 is 5.32 Å². The van der Waals surface area contributed by atoms with Crippen LogP contribution in [0, 0.1) is 5.82 Å². The summed E-state index contributed by atoms with van der Waals surface area (Å²) in [6, 6.07) is 21.4. The molecule has 1 N–H and O–H groups in total. The molecule has 3 aromatic carbocycles. The second kappa shape index (κ2) is 12.3. The summed E-state index contributed by atoms with van der Waals surface area (Å²) in [5.74, 6) is -1.20. The first-order valence-electron chi connectivity index (χ1n) is 14.1. The molecule has 0 radical (unpaired) electrons. The Morgan fingerprint density at radius 3 is 2.36 bits per heavy atom. The fourth-order valence-electron chi connectivity index (χ4n) is 5.44. The van der Waals surface area contributed by atoms with Crippen LogP contribution in [0.5, 0.6) is 0 Å². The van der Waals surface area contributed by atoms with Crippen molar-refractivity contribution in [3.05, 3.63) is 107 Å². The Hall–Kier alpha value is -4.24. The normalized spacial score (nSPS) is 22.0. The van der Waals surface area contributed by atoms with E-state index in [-0.39, 0.29) is 24.8 Å². The Bertz CT molecular complexity index is 1420. The van der Waals surface area contributed by atoms with Gasteiger partial charge in [0, 0.05) is 13.0 Å². The first kappa shape index (κ1) is 29.3. The third-order valence-corrected chi connectivity index (χ3v) is 7.37. The third kappa shape index (κ3) is 6.79. The van der Waals surface area contributed by atoms with Gasteiger partial charge in [0.25, 0.3) is 5.91 Å². The van der Waals surface area contributed by atoms with Gasteiger partial charge in [0.1, 0.15) is 23.6 Å². The second-order valence-corrected chi connectivity index (χ2v) is 11.6. The lowest BCUT2D eigenvalue weighted by Gasteiger charge is -2.42. The Kier molecular flexibility index (Phi) is 8.59.